The summed E-state index contributed by atoms with van der Waals surface area (Å²) in [6, 6.07) is 4.24. The lowest BCUT2D eigenvalue weighted by Crippen LogP contribution is -2.00. The zero-order chi connectivity index (χ0) is 8.39. The van der Waals surface area contributed by atoms with Crippen LogP contribution in [-0.2, 0) is 0 Å². The van der Waals surface area contributed by atoms with Gasteiger partial charge in [-0.2, -0.15) is 0 Å². The van der Waals surface area contributed by atoms with Crippen molar-refractivity contribution in [3.05, 3.63) is 40.2 Å². The molecule has 1 aromatic heterocycles. The van der Waals surface area contributed by atoms with Crippen LogP contribution in [0.1, 0.15) is 17.7 Å². The van der Waals surface area contributed by atoms with Crippen molar-refractivity contribution in [3.8, 4) is 0 Å². The van der Waals surface area contributed by atoms with Gasteiger partial charge in [0.05, 0.1) is 0 Å². The van der Waals surface area contributed by atoms with E-state index in [-0.39, 0.29) is 0 Å². The van der Waals surface area contributed by atoms with Crippen molar-refractivity contribution < 1.29 is 0 Å². The minimum absolute atomic E-state index is 0.996. The Morgan fingerprint density at radius 3 is 2.75 bits per heavy atom. The van der Waals surface area contributed by atoms with Gasteiger partial charge in [0, 0.05) is 10.6 Å². The third kappa shape index (κ3) is 1.43. The van der Waals surface area contributed by atoms with E-state index < -0.39 is 0 Å². The van der Waals surface area contributed by atoms with Crippen LogP contribution >= 0.6 is 11.3 Å². The largest absolute Gasteiger partial charge is 0.402 e. The highest BCUT2D eigenvalue weighted by Gasteiger charge is 2.06. The predicted octanol–water partition coefficient (Wildman–Crippen LogP) is 2.77. The Balaban J connectivity index is 2.27. The first-order chi connectivity index (χ1) is 5.86. The zero-order valence-corrected chi connectivity index (χ0v) is 7.60. The summed E-state index contributed by atoms with van der Waals surface area (Å²) in [6.45, 7) is 0. The van der Waals surface area contributed by atoms with Crippen LogP contribution in [0.25, 0.3) is 5.57 Å². The Bertz CT molecular complexity index is 320. The van der Waals surface area contributed by atoms with Crippen LogP contribution in [0, 0.1) is 0 Å². The molecule has 2 heteroatoms. The van der Waals surface area contributed by atoms with Gasteiger partial charge in [-0.15, -0.1) is 11.3 Å². The number of hydrogen-bond donors (Lipinski definition) is 1. The molecule has 2 N–H and O–H groups in total. The average molecular weight is 177 g/mol. The van der Waals surface area contributed by atoms with Crippen molar-refractivity contribution in [2.75, 3.05) is 0 Å². The van der Waals surface area contributed by atoms with E-state index in [2.05, 4.69) is 23.6 Å². The summed E-state index contributed by atoms with van der Waals surface area (Å²) >= 11 is 1.79. The third-order valence-corrected chi connectivity index (χ3v) is 2.96. The second-order valence-corrected chi connectivity index (χ2v) is 3.86. The molecule has 0 atom stereocenters. The standard InChI is InChI=1S/C10H11NS/c11-9-5-3-8(4-6-9)10-2-1-7-12-10/h1-3,5,7H,4,6,11H2. The van der Waals surface area contributed by atoms with Gasteiger partial charge in [0.25, 0.3) is 0 Å². The van der Waals surface area contributed by atoms with E-state index in [1.165, 1.54) is 10.5 Å². The lowest BCUT2D eigenvalue weighted by Gasteiger charge is -2.09. The van der Waals surface area contributed by atoms with Crippen molar-refractivity contribution in [2.24, 2.45) is 5.73 Å². The lowest BCUT2D eigenvalue weighted by atomic mass is 10.0. The first-order valence-electron chi connectivity index (χ1n) is 4.05. The van der Waals surface area contributed by atoms with Gasteiger partial charge < -0.3 is 5.73 Å². The van der Waals surface area contributed by atoms with E-state index in [0.29, 0.717) is 0 Å². The third-order valence-electron chi connectivity index (χ3n) is 2.02. The maximum Gasteiger partial charge on any atom is 0.0302 e. The molecule has 0 saturated carbocycles. The SMILES string of the molecule is NC1=CC=C(c2cccs2)CC1. The Hall–Kier alpha value is -1.02. The van der Waals surface area contributed by atoms with Crippen LogP contribution in [0.5, 0.6) is 0 Å². The molecule has 0 spiro atoms. The van der Waals surface area contributed by atoms with Crippen LogP contribution in [-0.4, -0.2) is 0 Å². The van der Waals surface area contributed by atoms with Gasteiger partial charge >= 0.3 is 0 Å². The molecular formula is C10H11NS. The smallest absolute Gasteiger partial charge is 0.0302 e. The summed E-state index contributed by atoms with van der Waals surface area (Å²) < 4.78 is 0. The second-order valence-electron chi connectivity index (χ2n) is 2.91. The molecule has 1 nitrogen and oxygen atoms in total. The molecule has 1 aliphatic carbocycles. The minimum atomic E-state index is 0.996. The van der Waals surface area contributed by atoms with Crippen molar-refractivity contribution in [1.82, 2.24) is 0 Å². The highest BCUT2D eigenvalue weighted by Crippen LogP contribution is 2.27. The van der Waals surface area contributed by atoms with Crippen molar-refractivity contribution in [2.45, 2.75) is 12.8 Å². The highest BCUT2D eigenvalue weighted by molar-refractivity contribution is 7.11. The molecule has 0 unspecified atom stereocenters. The van der Waals surface area contributed by atoms with Gasteiger partial charge in [-0.05, 0) is 35.9 Å². The number of rotatable bonds is 1. The summed E-state index contributed by atoms with van der Waals surface area (Å²) in [7, 11) is 0. The zero-order valence-electron chi connectivity index (χ0n) is 6.79. The molecule has 1 aliphatic rings. The summed E-state index contributed by atoms with van der Waals surface area (Å²) in [6.07, 6.45) is 6.23. The van der Waals surface area contributed by atoms with Crippen LogP contribution in [0.4, 0.5) is 0 Å². The van der Waals surface area contributed by atoms with Crippen LogP contribution in [0.15, 0.2) is 35.4 Å². The van der Waals surface area contributed by atoms with Crippen LogP contribution in [0.2, 0.25) is 0 Å². The molecule has 0 amide bonds. The maximum atomic E-state index is 5.67. The highest BCUT2D eigenvalue weighted by atomic mass is 32.1. The summed E-state index contributed by atoms with van der Waals surface area (Å²) in [4.78, 5) is 1.37. The Morgan fingerprint density at radius 1 is 1.25 bits per heavy atom. The van der Waals surface area contributed by atoms with Gasteiger partial charge in [-0.25, -0.2) is 0 Å². The molecule has 0 aliphatic heterocycles. The van der Waals surface area contributed by atoms with Crippen molar-refractivity contribution >= 4 is 16.9 Å². The second kappa shape index (κ2) is 3.15. The molecule has 62 valence electrons. The van der Waals surface area contributed by atoms with E-state index in [9.17, 15) is 0 Å². The fourth-order valence-electron chi connectivity index (χ4n) is 1.32. The fraction of sp³-hybridized carbons (Fsp3) is 0.200. The first-order valence-corrected chi connectivity index (χ1v) is 4.93. The van der Waals surface area contributed by atoms with Crippen molar-refractivity contribution in [1.29, 1.82) is 0 Å². The maximum absolute atomic E-state index is 5.67. The van der Waals surface area contributed by atoms with Gasteiger partial charge in [0.2, 0.25) is 0 Å². The van der Waals surface area contributed by atoms with E-state index in [1.807, 2.05) is 6.08 Å². The molecule has 0 saturated heterocycles. The van der Waals surface area contributed by atoms with Crippen LogP contribution in [0.3, 0.4) is 0 Å². The van der Waals surface area contributed by atoms with Gasteiger partial charge in [-0.3, -0.25) is 0 Å². The monoisotopic (exact) mass is 177 g/mol. The first kappa shape index (κ1) is 7.62. The lowest BCUT2D eigenvalue weighted by molar-refractivity contribution is 0.961. The predicted molar refractivity (Wildman–Crippen MR) is 53.8 cm³/mol. The molecule has 0 radical (unpaired) electrons. The number of hydrogen-bond acceptors (Lipinski definition) is 2. The summed E-state index contributed by atoms with van der Waals surface area (Å²) in [5.41, 5.74) is 8.08. The molecular weight excluding hydrogens is 166 g/mol. The number of allylic oxidation sites excluding steroid dienone is 4. The fourth-order valence-corrected chi connectivity index (χ4v) is 2.10. The molecule has 0 fully saturated rings. The molecule has 0 bridgehead atoms. The van der Waals surface area contributed by atoms with Gasteiger partial charge in [0.1, 0.15) is 0 Å². The number of nitrogens with two attached hydrogens (primary N) is 1. The Morgan fingerprint density at radius 2 is 2.17 bits per heavy atom. The van der Waals surface area contributed by atoms with Crippen LogP contribution < -0.4 is 5.73 Å². The van der Waals surface area contributed by atoms with Gasteiger partial charge in [-0.1, -0.05) is 12.1 Å². The van der Waals surface area contributed by atoms with E-state index in [0.717, 1.165) is 18.5 Å². The van der Waals surface area contributed by atoms with E-state index in [4.69, 9.17) is 5.73 Å². The molecule has 2 rings (SSSR count). The Kier molecular flexibility index (Phi) is 2.00. The quantitative estimate of drug-likeness (QED) is 0.701. The topological polar surface area (TPSA) is 26.0 Å². The minimum Gasteiger partial charge on any atom is -0.402 e. The molecule has 1 aromatic rings. The molecule has 0 aromatic carbocycles. The number of thiophene rings is 1. The normalized spacial score (nSPS) is 17.0. The Labute approximate surface area is 76.2 Å². The molecule has 1 heterocycles. The van der Waals surface area contributed by atoms with Gasteiger partial charge in [0.15, 0.2) is 0 Å². The molecule has 12 heavy (non-hydrogen) atoms. The van der Waals surface area contributed by atoms with Crippen molar-refractivity contribution in [3.63, 3.8) is 0 Å². The summed E-state index contributed by atoms with van der Waals surface area (Å²) in [5.74, 6) is 0. The van der Waals surface area contributed by atoms with E-state index in [1.54, 1.807) is 11.3 Å². The average Bonchev–Trinajstić information content (AvgIpc) is 2.58. The summed E-state index contributed by atoms with van der Waals surface area (Å²) in [5, 5.41) is 2.11. The van der Waals surface area contributed by atoms with E-state index >= 15 is 0 Å².